The first-order valence-electron chi connectivity index (χ1n) is 7.23. The van der Waals surface area contributed by atoms with Gasteiger partial charge in [0.2, 0.25) is 0 Å². The second kappa shape index (κ2) is 5.41. The van der Waals surface area contributed by atoms with Crippen molar-refractivity contribution in [1.29, 1.82) is 0 Å². The van der Waals surface area contributed by atoms with Gasteiger partial charge in [0.1, 0.15) is 4.83 Å². The van der Waals surface area contributed by atoms with Gasteiger partial charge in [-0.2, -0.15) is 0 Å². The van der Waals surface area contributed by atoms with E-state index in [9.17, 15) is 9.90 Å². The monoisotopic (exact) mass is 324 g/mol. The van der Waals surface area contributed by atoms with Crippen LogP contribution in [0.5, 0.6) is 0 Å². The number of hydrogen-bond donors (Lipinski definition) is 1. The second-order valence-electron chi connectivity index (χ2n) is 6.21. The molecule has 114 valence electrons. The molecule has 0 radical (unpaired) electrons. The van der Waals surface area contributed by atoms with Gasteiger partial charge in [0.05, 0.1) is 11.0 Å². The predicted molar refractivity (Wildman–Crippen MR) is 88.5 cm³/mol. The van der Waals surface area contributed by atoms with Crippen molar-refractivity contribution in [3.63, 3.8) is 0 Å². The molecule has 0 unspecified atom stereocenters. The first-order valence-corrected chi connectivity index (χ1v) is 9.03. The molecule has 1 N–H and O–H groups in total. The van der Waals surface area contributed by atoms with Gasteiger partial charge in [-0.1, -0.05) is 11.8 Å². The number of rotatable bonds is 4. The standard InChI is InChI=1S/C15H20N2O2S2/c1-15(2,19)7-8-20-14-16-12-11(13(18)17(14)3)9-5-4-6-10(9)21-12/h19H,4-8H2,1-3H3. The van der Waals surface area contributed by atoms with Gasteiger partial charge in [-0.25, -0.2) is 4.98 Å². The van der Waals surface area contributed by atoms with Crippen LogP contribution >= 0.6 is 23.1 Å². The summed E-state index contributed by atoms with van der Waals surface area (Å²) in [4.78, 5) is 19.5. The Kier molecular flexibility index (Phi) is 3.88. The number of nitrogens with zero attached hydrogens (tertiary/aromatic N) is 2. The van der Waals surface area contributed by atoms with E-state index in [-0.39, 0.29) is 5.56 Å². The van der Waals surface area contributed by atoms with E-state index in [1.54, 1.807) is 48.6 Å². The van der Waals surface area contributed by atoms with E-state index in [2.05, 4.69) is 4.98 Å². The van der Waals surface area contributed by atoms with Crippen molar-refractivity contribution in [2.45, 2.75) is 50.3 Å². The number of aromatic nitrogens is 2. The van der Waals surface area contributed by atoms with Crippen LogP contribution in [0.1, 0.15) is 37.1 Å². The predicted octanol–water partition coefficient (Wildman–Crippen LogP) is 2.74. The molecule has 4 nitrogen and oxygen atoms in total. The molecule has 2 aromatic rings. The van der Waals surface area contributed by atoms with E-state index in [4.69, 9.17) is 0 Å². The van der Waals surface area contributed by atoms with Crippen molar-refractivity contribution in [3.05, 3.63) is 20.8 Å². The second-order valence-corrected chi connectivity index (χ2v) is 8.35. The zero-order chi connectivity index (χ0) is 15.2. The first kappa shape index (κ1) is 15.1. The van der Waals surface area contributed by atoms with Crippen molar-refractivity contribution in [2.75, 3.05) is 5.75 Å². The fourth-order valence-corrected chi connectivity index (χ4v) is 5.15. The van der Waals surface area contributed by atoms with Crippen LogP contribution in [-0.2, 0) is 19.9 Å². The van der Waals surface area contributed by atoms with Crippen molar-refractivity contribution >= 4 is 33.3 Å². The van der Waals surface area contributed by atoms with E-state index in [0.29, 0.717) is 6.42 Å². The highest BCUT2D eigenvalue weighted by atomic mass is 32.2. The van der Waals surface area contributed by atoms with Crippen molar-refractivity contribution in [1.82, 2.24) is 9.55 Å². The fraction of sp³-hybridized carbons (Fsp3) is 0.600. The minimum Gasteiger partial charge on any atom is -0.390 e. The fourth-order valence-electron chi connectivity index (χ4n) is 2.63. The largest absolute Gasteiger partial charge is 0.390 e. The maximum atomic E-state index is 12.6. The Labute approximate surface area is 132 Å². The summed E-state index contributed by atoms with van der Waals surface area (Å²) in [7, 11) is 1.79. The molecule has 0 spiro atoms. The molecule has 0 aliphatic heterocycles. The maximum Gasteiger partial charge on any atom is 0.262 e. The molecule has 2 heterocycles. The summed E-state index contributed by atoms with van der Waals surface area (Å²) < 4.78 is 1.66. The average Bonchev–Trinajstić information content (AvgIpc) is 2.93. The van der Waals surface area contributed by atoms with Gasteiger partial charge < -0.3 is 5.11 Å². The number of thioether (sulfide) groups is 1. The molecule has 0 aromatic carbocycles. The van der Waals surface area contributed by atoms with E-state index in [1.807, 2.05) is 0 Å². The van der Waals surface area contributed by atoms with Crippen LogP contribution in [0.2, 0.25) is 0 Å². The van der Waals surface area contributed by atoms with Crippen molar-refractivity contribution in [3.8, 4) is 0 Å². The van der Waals surface area contributed by atoms with E-state index in [0.717, 1.165) is 40.4 Å². The third kappa shape index (κ3) is 2.89. The van der Waals surface area contributed by atoms with E-state index >= 15 is 0 Å². The minimum atomic E-state index is -0.680. The van der Waals surface area contributed by atoms with Crippen LogP contribution in [0, 0.1) is 0 Å². The molecule has 0 amide bonds. The van der Waals surface area contributed by atoms with Gasteiger partial charge in [0.15, 0.2) is 5.16 Å². The Morgan fingerprint density at radius 2 is 2.19 bits per heavy atom. The normalized spacial score (nSPS) is 14.9. The maximum absolute atomic E-state index is 12.6. The Balaban J connectivity index is 1.94. The molecule has 0 atom stereocenters. The molecule has 2 aromatic heterocycles. The Morgan fingerprint density at radius 1 is 1.43 bits per heavy atom. The lowest BCUT2D eigenvalue weighted by Gasteiger charge is -2.16. The summed E-state index contributed by atoms with van der Waals surface area (Å²) in [5.41, 5.74) is 0.626. The van der Waals surface area contributed by atoms with Crippen LogP contribution in [0.25, 0.3) is 10.2 Å². The van der Waals surface area contributed by atoms with Gasteiger partial charge in [-0.15, -0.1) is 11.3 Å². The van der Waals surface area contributed by atoms with Gasteiger partial charge in [-0.05, 0) is 45.1 Å². The first-order chi connectivity index (χ1) is 9.87. The molecule has 0 saturated carbocycles. The lowest BCUT2D eigenvalue weighted by Crippen LogP contribution is -2.22. The molecule has 1 aliphatic carbocycles. The summed E-state index contributed by atoms with van der Waals surface area (Å²) in [6, 6.07) is 0. The van der Waals surface area contributed by atoms with Crippen LogP contribution in [-0.4, -0.2) is 26.0 Å². The number of aryl methyl sites for hydroxylation is 2. The van der Waals surface area contributed by atoms with Crippen LogP contribution in [0.15, 0.2) is 9.95 Å². The number of hydrogen-bond acceptors (Lipinski definition) is 5. The Morgan fingerprint density at radius 3 is 2.90 bits per heavy atom. The lowest BCUT2D eigenvalue weighted by atomic mass is 10.1. The van der Waals surface area contributed by atoms with Gasteiger partial charge in [0.25, 0.3) is 5.56 Å². The van der Waals surface area contributed by atoms with Crippen molar-refractivity contribution in [2.24, 2.45) is 7.05 Å². The highest BCUT2D eigenvalue weighted by Gasteiger charge is 2.22. The summed E-state index contributed by atoms with van der Waals surface area (Å²) in [6.07, 6.45) is 3.92. The highest BCUT2D eigenvalue weighted by molar-refractivity contribution is 7.99. The molecule has 0 bridgehead atoms. The van der Waals surface area contributed by atoms with Crippen LogP contribution < -0.4 is 5.56 Å². The molecule has 0 saturated heterocycles. The van der Waals surface area contributed by atoms with E-state index in [1.165, 1.54) is 10.4 Å². The molecule has 6 heteroatoms. The summed E-state index contributed by atoms with van der Waals surface area (Å²) in [6.45, 7) is 3.60. The van der Waals surface area contributed by atoms with Gasteiger partial charge >= 0.3 is 0 Å². The van der Waals surface area contributed by atoms with Gasteiger partial charge in [-0.3, -0.25) is 9.36 Å². The molecular weight excluding hydrogens is 304 g/mol. The number of thiophene rings is 1. The third-order valence-corrected chi connectivity index (χ3v) is 6.07. The smallest absolute Gasteiger partial charge is 0.262 e. The van der Waals surface area contributed by atoms with Crippen LogP contribution in [0.3, 0.4) is 0 Å². The summed E-state index contributed by atoms with van der Waals surface area (Å²) >= 11 is 3.22. The van der Waals surface area contributed by atoms with Crippen LogP contribution in [0.4, 0.5) is 0 Å². The van der Waals surface area contributed by atoms with Crippen molar-refractivity contribution < 1.29 is 5.11 Å². The third-order valence-electron chi connectivity index (χ3n) is 3.85. The topological polar surface area (TPSA) is 55.1 Å². The van der Waals surface area contributed by atoms with Gasteiger partial charge in [0, 0.05) is 17.7 Å². The Bertz CT molecular complexity index is 741. The Hall–Kier alpha value is -0.850. The number of aliphatic hydroxyl groups is 1. The molecule has 1 aliphatic rings. The molecule has 0 fully saturated rings. The van der Waals surface area contributed by atoms with E-state index < -0.39 is 5.60 Å². The minimum absolute atomic E-state index is 0.0742. The average molecular weight is 324 g/mol. The lowest BCUT2D eigenvalue weighted by molar-refractivity contribution is 0.0777. The zero-order valence-corrected chi connectivity index (χ0v) is 14.2. The zero-order valence-electron chi connectivity index (χ0n) is 12.6. The molecular formula is C15H20N2O2S2. The summed E-state index contributed by atoms with van der Waals surface area (Å²) in [5.74, 6) is 0.750. The number of fused-ring (bicyclic) bond motifs is 3. The quantitative estimate of drug-likeness (QED) is 0.694. The summed E-state index contributed by atoms with van der Waals surface area (Å²) in [5, 5.41) is 11.4. The molecule has 3 rings (SSSR count). The molecule has 21 heavy (non-hydrogen) atoms. The highest BCUT2D eigenvalue weighted by Crippen LogP contribution is 2.35. The SMILES string of the molecule is Cn1c(SCCC(C)(C)O)nc2sc3c(c2c1=O)CCC3.